The van der Waals surface area contributed by atoms with Gasteiger partial charge in [-0.1, -0.05) is 30.3 Å². The Hall–Kier alpha value is -1.68. The highest BCUT2D eigenvalue weighted by molar-refractivity contribution is 5.80. The highest BCUT2D eigenvalue weighted by Crippen LogP contribution is 2.12. The number of benzene rings is 1. The van der Waals surface area contributed by atoms with Crippen LogP contribution < -0.4 is 0 Å². The van der Waals surface area contributed by atoms with Crippen LogP contribution in [0.3, 0.4) is 0 Å². The number of nitrogens with zero attached hydrogens (tertiary/aromatic N) is 1. The van der Waals surface area contributed by atoms with Crippen LogP contribution in [0.2, 0.25) is 0 Å². The predicted molar refractivity (Wildman–Crippen MR) is 68.8 cm³/mol. The van der Waals surface area contributed by atoms with E-state index in [0.717, 1.165) is 11.8 Å². The van der Waals surface area contributed by atoms with Gasteiger partial charge >= 0.3 is 0 Å². The zero-order chi connectivity index (χ0) is 13.4. The van der Waals surface area contributed by atoms with Gasteiger partial charge in [-0.15, -0.1) is 0 Å². The van der Waals surface area contributed by atoms with Gasteiger partial charge in [0.05, 0.1) is 0 Å². The summed E-state index contributed by atoms with van der Waals surface area (Å²) in [5.41, 5.74) is 1.04. The fourth-order valence-electron chi connectivity index (χ4n) is 1.86. The van der Waals surface area contributed by atoms with Crippen molar-refractivity contribution in [1.29, 1.82) is 0 Å². The summed E-state index contributed by atoms with van der Waals surface area (Å²) in [5, 5.41) is 8.90. The predicted octanol–water partition coefficient (Wildman–Crippen LogP) is 1.23. The molecule has 0 fully saturated rings. The molecule has 0 heterocycles. The van der Waals surface area contributed by atoms with Gasteiger partial charge in [0.15, 0.2) is 0 Å². The topological polar surface area (TPSA) is 57.6 Å². The smallest absolute Gasteiger partial charge is 0.226 e. The third-order valence-corrected chi connectivity index (χ3v) is 2.85. The minimum Gasteiger partial charge on any atom is -0.396 e. The molecular weight excluding hydrogens is 230 g/mol. The van der Waals surface area contributed by atoms with Gasteiger partial charge in [0.2, 0.25) is 5.91 Å². The maximum atomic E-state index is 12.1. The maximum Gasteiger partial charge on any atom is 0.226 e. The summed E-state index contributed by atoms with van der Waals surface area (Å²) >= 11 is 0. The molecule has 18 heavy (non-hydrogen) atoms. The molecule has 4 nitrogen and oxygen atoms in total. The summed E-state index contributed by atoms with van der Waals surface area (Å²) in [7, 11) is 1.71. The zero-order valence-corrected chi connectivity index (χ0v) is 10.6. The fraction of sp³-hybridized carbons (Fsp3) is 0.429. The molecule has 0 saturated heterocycles. The lowest BCUT2D eigenvalue weighted by Gasteiger charge is -2.22. The Balaban J connectivity index is 2.61. The van der Waals surface area contributed by atoms with E-state index in [2.05, 4.69) is 0 Å². The van der Waals surface area contributed by atoms with Crippen molar-refractivity contribution in [1.82, 2.24) is 4.90 Å². The average Bonchev–Trinajstić information content (AvgIpc) is 2.39. The van der Waals surface area contributed by atoms with E-state index in [4.69, 9.17) is 5.11 Å². The van der Waals surface area contributed by atoms with Crippen LogP contribution in [0.1, 0.15) is 18.4 Å². The van der Waals surface area contributed by atoms with E-state index in [9.17, 15) is 9.59 Å². The van der Waals surface area contributed by atoms with Gasteiger partial charge in [-0.2, -0.15) is 0 Å². The Kier molecular flexibility index (Phi) is 6.08. The molecular formula is C14H19NO3. The minimum atomic E-state index is -0.416. The van der Waals surface area contributed by atoms with Crippen molar-refractivity contribution < 1.29 is 14.7 Å². The number of carbonyl (C=O) groups excluding carboxylic acids is 2. The summed E-state index contributed by atoms with van der Waals surface area (Å²) in [6, 6.07) is 9.66. The summed E-state index contributed by atoms with van der Waals surface area (Å²) in [5.74, 6) is -0.513. The standard InChI is InChI=1S/C14H19NO3/c1-15(11-12-5-3-2-4-6-12)14(18)13(7-9-16)8-10-17/h2-6,9,13,17H,7-8,10-11H2,1H3. The molecule has 1 rings (SSSR count). The van der Waals surface area contributed by atoms with Gasteiger partial charge in [-0.3, -0.25) is 4.79 Å². The number of hydrogen-bond donors (Lipinski definition) is 1. The zero-order valence-electron chi connectivity index (χ0n) is 10.6. The summed E-state index contributed by atoms with van der Waals surface area (Å²) in [6.07, 6.45) is 1.23. The van der Waals surface area contributed by atoms with E-state index < -0.39 is 5.92 Å². The number of aldehydes is 1. The quantitative estimate of drug-likeness (QED) is 0.739. The Morgan fingerprint density at radius 2 is 2.06 bits per heavy atom. The van der Waals surface area contributed by atoms with Crippen molar-refractivity contribution in [3.8, 4) is 0 Å². The normalized spacial score (nSPS) is 11.9. The van der Waals surface area contributed by atoms with Crippen LogP contribution >= 0.6 is 0 Å². The van der Waals surface area contributed by atoms with Gasteiger partial charge < -0.3 is 14.8 Å². The van der Waals surface area contributed by atoms with E-state index >= 15 is 0 Å². The first-order chi connectivity index (χ1) is 8.69. The first-order valence-corrected chi connectivity index (χ1v) is 6.02. The molecule has 1 atom stereocenters. The lowest BCUT2D eigenvalue weighted by molar-refractivity contribution is -0.136. The number of amides is 1. The van der Waals surface area contributed by atoms with Crippen molar-refractivity contribution in [2.75, 3.05) is 13.7 Å². The molecule has 0 aliphatic rings. The average molecular weight is 249 g/mol. The van der Waals surface area contributed by atoms with Crippen LogP contribution in [-0.2, 0) is 16.1 Å². The number of carbonyl (C=O) groups is 2. The molecule has 1 amide bonds. The Morgan fingerprint density at radius 1 is 1.39 bits per heavy atom. The van der Waals surface area contributed by atoms with Crippen LogP contribution in [0.25, 0.3) is 0 Å². The minimum absolute atomic E-state index is 0.0799. The number of aliphatic hydroxyl groups excluding tert-OH is 1. The molecule has 0 radical (unpaired) electrons. The van der Waals surface area contributed by atoms with E-state index in [1.165, 1.54) is 0 Å². The van der Waals surface area contributed by atoms with E-state index in [1.807, 2.05) is 30.3 Å². The molecule has 1 unspecified atom stereocenters. The molecule has 0 aliphatic carbocycles. The van der Waals surface area contributed by atoms with Crippen LogP contribution in [-0.4, -0.2) is 35.9 Å². The van der Waals surface area contributed by atoms with Gasteiger partial charge in [-0.05, 0) is 12.0 Å². The molecule has 1 N–H and O–H groups in total. The monoisotopic (exact) mass is 249 g/mol. The van der Waals surface area contributed by atoms with Crippen LogP contribution in [0.5, 0.6) is 0 Å². The Bertz CT molecular complexity index is 378. The lowest BCUT2D eigenvalue weighted by Crippen LogP contribution is -2.33. The largest absolute Gasteiger partial charge is 0.396 e. The van der Waals surface area contributed by atoms with Gasteiger partial charge in [-0.25, -0.2) is 0 Å². The molecule has 0 spiro atoms. The molecule has 4 heteroatoms. The van der Waals surface area contributed by atoms with Crippen molar-refractivity contribution in [2.24, 2.45) is 5.92 Å². The van der Waals surface area contributed by atoms with Crippen LogP contribution in [0, 0.1) is 5.92 Å². The Labute approximate surface area is 107 Å². The number of hydrogen-bond acceptors (Lipinski definition) is 3. The second-order valence-electron chi connectivity index (χ2n) is 4.29. The van der Waals surface area contributed by atoms with Gasteiger partial charge in [0.1, 0.15) is 6.29 Å². The van der Waals surface area contributed by atoms with Crippen LogP contribution in [0.4, 0.5) is 0 Å². The lowest BCUT2D eigenvalue weighted by atomic mass is 10.0. The molecule has 98 valence electrons. The SMILES string of the molecule is CN(Cc1ccccc1)C(=O)C(CC=O)CCO. The summed E-state index contributed by atoms with van der Waals surface area (Å²) in [6.45, 7) is 0.434. The first kappa shape index (κ1) is 14.4. The molecule has 0 bridgehead atoms. The fourth-order valence-corrected chi connectivity index (χ4v) is 1.86. The molecule has 1 aromatic carbocycles. The van der Waals surface area contributed by atoms with Crippen molar-refractivity contribution in [2.45, 2.75) is 19.4 Å². The van der Waals surface area contributed by atoms with Crippen LogP contribution in [0.15, 0.2) is 30.3 Å². The van der Waals surface area contributed by atoms with Gasteiger partial charge in [0.25, 0.3) is 0 Å². The highest BCUT2D eigenvalue weighted by Gasteiger charge is 2.21. The summed E-state index contributed by atoms with van der Waals surface area (Å²) < 4.78 is 0. The van der Waals surface area contributed by atoms with Crippen molar-refractivity contribution in [3.63, 3.8) is 0 Å². The maximum absolute atomic E-state index is 12.1. The third kappa shape index (κ3) is 4.30. The molecule has 0 saturated carbocycles. The van der Waals surface area contributed by atoms with E-state index in [1.54, 1.807) is 11.9 Å². The Morgan fingerprint density at radius 3 is 2.61 bits per heavy atom. The number of rotatable bonds is 7. The first-order valence-electron chi connectivity index (χ1n) is 6.02. The molecule has 0 aromatic heterocycles. The molecule has 1 aromatic rings. The summed E-state index contributed by atoms with van der Waals surface area (Å²) in [4.78, 5) is 24.2. The van der Waals surface area contributed by atoms with Crippen molar-refractivity contribution >= 4 is 12.2 Å². The van der Waals surface area contributed by atoms with E-state index in [-0.39, 0.29) is 18.9 Å². The van der Waals surface area contributed by atoms with Gasteiger partial charge in [0, 0.05) is 32.5 Å². The highest BCUT2D eigenvalue weighted by atomic mass is 16.3. The van der Waals surface area contributed by atoms with E-state index in [0.29, 0.717) is 13.0 Å². The second kappa shape index (κ2) is 7.61. The second-order valence-corrected chi connectivity index (χ2v) is 4.29. The third-order valence-electron chi connectivity index (χ3n) is 2.85. The molecule has 0 aliphatic heterocycles. The number of aliphatic hydroxyl groups is 1. The van der Waals surface area contributed by atoms with Crippen molar-refractivity contribution in [3.05, 3.63) is 35.9 Å².